The van der Waals surface area contributed by atoms with Gasteiger partial charge >= 0.3 is 6.09 Å². The molecular weight excluding hydrogens is 268 g/mol. The predicted octanol–water partition coefficient (Wildman–Crippen LogP) is 2.84. The molecule has 3 heterocycles. The molecule has 21 heavy (non-hydrogen) atoms. The second-order valence-electron chi connectivity index (χ2n) is 6.94. The Morgan fingerprint density at radius 1 is 1.52 bits per heavy atom. The number of hydrogen-bond donors (Lipinski definition) is 0. The van der Waals surface area contributed by atoms with E-state index in [1.165, 1.54) is 0 Å². The molecule has 1 unspecified atom stereocenters. The van der Waals surface area contributed by atoms with Gasteiger partial charge in [-0.1, -0.05) is 6.07 Å². The molecule has 2 aliphatic rings. The Labute approximate surface area is 125 Å². The molecule has 1 spiro atoms. The Kier molecular flexibility index (Phi) is 3.20. The normalized spacial score (nSPS) is 28.0. The summed E-state index contributed by atoms with van der Waals surface area (Å²) in [7, 11) is 0. The van der Waals surface area contributed by atoms with Crippen LogP contribution in [0.1, 0.15) is 45.4 Å². The van der Waals surface area contributed by atoms with Gasteiger partial charge in [-0.25, -0.2) is 4.79 Å². The van der Waals surface area contributed by atoms with E-state index < -0.39 is 11.2 Å². The number of pyridine rings is 1. The van der Waals surface area contributed by atoms with E-state index in [1.54, 1.807) is 11.1 Å². The zero-order valence-corrected chi connectivity index (χ0v) is 13.0. The molecule has 0 bridgehead atoms. The van der Waals surface area contributed by atoms with Gasteiger partial charge in [0.1, 0.15) is 11.2 Å². The van der Waals surface area contributed by atoms with Crippen molar-refractivity contribution in [2.24, 2.45) is 0 Å². The van der Waals surface area contributed by atoms with Gasteiger partial charge in [-0.15, -0.1) is 0 Å². The number of ether oxygens (including phenoxy) is 2. The zero-order valence-electron chi connectivity index (χ0n) is 13.0. The summed E-state index contributed by atoms with van der Waals surface area (Å²) in [5.41, 5.74) is 1.20. The summed E-state index contributed by atoms with van der Waals surface area (Å²) in [5, 5.41) is 0. The van der Waals surface area contributed by atoms with Crippen LogP contribution in [-0.2, 0) is 21.7 Å². The predicted molar refractivity (Wildman–Crippen MR) is 77.7 cm³/mol. The first kappa shape index (κ1) is 14.3. The Hall–Kier alpha value is -1.62. The molecule has 0 aromatic carbocycles. The fourth-order valence-electron chi connectivity index (χ4n) is 3.20. The first-order valence-corrected chi connectivity index (χ1v) is 7.39. The number of carbonyl (C=O) groups excluding carboxylic acids is 1. The van der Waals surface area contributed by atoms with E-state index in [1.807, 2.05) is 33.8 Å². The second kappa shape index (κ2) is 4.70. The van der Waals surface area contributed by atoms with Gasteiger partial charge in [0.05, 0.1) is 18.8 Å². The van der Waals surface area contributed by atoms with Crippen LogP contribution in [0.3, 0.4) is 0 Å². The van der Waals surface area contributed by atoms with Crippen LogP contribution in [-0.4, -0.2) is 34.2 Å². The average molecular weight is 290 g/mol. The van der Waals surface area contributed by atoms with Crippen molar-refractivity contribution in [1.29, 1.82) is 0 Å². The summed E-state index contributed by atoms with van der Waals surface area (Å²) in [6.45, 7) is 8.73. The van der Waals surface area contributed by atoms with Crippen LogP contribution in [0.5, 0.6) is 0 Å². The van der Waals surface area contributed by atoms with E-state index in [2.05, 4.69) is 11.1 Å². The molecule has 5 nitrogen and oxygen atoms in total. The van der Waals surface area contributed by atoms with Crippen molar-refractivity contribution < 1.29 is 14.3 Å². The van der Waals surface area contributed by atoms with Gasteiger partial charge in [0.15, 0.2) is 0 Å². The molecule has 2 aliphatic heterocycles. The number of likely N-dealkylation sites (tertiary alicyclic amines) is 1. The van der Waals surface area contributed by atoms with Crippen molar-refractivity contribution in [2.45, 2.75) is 58.0 Å². The van der Waals surface area contributed by atoms with Gasteiger partial charge in [-0.05, 0) is 33.8 Å². The molecule has 0 saturated carbocycles. The average Bonchev–Trinajstić information content (AvgIpc) is 2.91. The Balaban J connectivity index is 1.83. The Bertz CT molecular complexity index is 567. The van der Waals surface area contributed by atoms with Crippen molar-refractivity contribution in [1.82, 2.24) is 9.88 Å². The maximum Gasteiger partial charge on any atom is 0.410 e. The minimum absolute atomic E-state index is 0.0889. The summed E-state index contributed by atoms with van der Waals surface area (Å²) in [5.74, 6) is 0. The molecule has 1 saturated heterocycles. The SMILES string of the molecule is C[C@H]1CC2(CN1C(=O)OC(C)(C)C)OCc1ncccc12. The van der Waals surface area contributed by atoms with Crippen molar-refractivity contribution in [2.75, 3.05) is 6.54 Å². The first-order valence-electron chi connectivity index (χ1n) is 7.39. The number of nitrogens with zero attached hydrogens (tertiary/aromatic N) is 2. The largest absolute Gasteiger partial charge is 0.444 e. The van der Waals surface area contributed by atoms with Crippen LogP contribution in [0.2, 0.25) is 0 Å². The van der Waals surface area contributed by atoms with Gasteiger partial charge in [-0.2, -0.15) is 0 Å². The van der Waals surface area contributed by atoms with Crippen molar-refractivity contribution in [3.05, 3.63) is 29.6 Å². The van der Waals surface area contributed by atoms with Gasteiger partial charge in [0, 0.05) is 24.2 Å². The number of aromatic nitrogens is 1. The van der Waals surface area contributed by atoms with Crippen molar-refractivity contribution >= 4 is 6.09 Å². The third-order valence-electron chi connectivity index (χ3n) is 4.08. The molecule has 1 aromatic rings. The number of carbonyl (C=O) groups is 1. The molecule has 0 N–H and O–H groups in total. The van der Waals surface area contributed by atoms with Gasteiger partial charge in [-0.3, -0.25) is 4.98 Å². The maximum atomic E-state index is 12.4. The van der Waals surface area contributed by atoms with Crippen LogP contribution >= 0.6 is 0 Å². The van der Waals surface area contributed by atoms with E-state index in [4.69, 9.17) is 9.47 Å². The molecule has 2 atom stereocenters. The number of hydrogen-bond acceptors (Lipinski definition) is 4. The van der Waals surface area contributed by atoms with Crippen LogP contribution < -0.4 is 0 Å². The highest BCUT2D eigenvalue weighted by atomic mass is 16.6. The number of rotatable bonds is 0. The summed E-state index contributed by atoms with van der Waals surface area (Å²) >= 11 is 0. The molecule has 1 aromatic heterocycles. The minimum atomic E-state index is -0.484. The fraction of sp³-hybridized carbons (Fsp3) is 0.625. The third-order valence-corrected chi connectivity index (χ3v) is 4.08. The molecule has 5 heteroatoms. The van der Waals surface area contributed by atoms with Crippen LogP contribution in [0, 0.1) is 0 Å². The maximum absolute atomic E-state index is 12.4. The molecule has 3 rings (SSSR count). The Morgan fingerprint density at radius 2 is 2.29 bits per heavy atom. The van der Waals surface area contributed by atoms with Gasteiger partial charge in [0.25, 0.3) is 0 Å². The fourth-order valence-corrected chi connectivity index (χ4v) is 3.20. The van der Waals surface area contributed by atoms with E-state index in [0.29, 0.717) is 13.2 Å². The van der Waals surface area contributed by atoms with Crippen molar-refractivity contribution in [3.8, 4) is 0 Å². The van der Waals surface area contributed by atoms with E-state index in [0.717, 1.165) is 17.7 Å². The van der Waals surface area contributed by atoms with Gasteiger partial charge in [0.2, 0.25) is 0 Å². The van der Waals surface area contributed by atoms with E-state index in [-0.39, 0.29) is 12.1 Å². The van der Waals surface area contributed by atoms with Crippen LogP contribution in [0.4, 0.5) is 4.79 Å². The molecule has 0 radical (unpaired) electrons. The molecule has 1 fully saturated rings. The standard InChI is InChI=1S/C16H22N2O3/c1-11-8-16(10-18(11)14(19)21-15(2,3)4)12-6-5-7-17-13(12)9-20-16/h5-7,11H,8-10H2,1-4H3/t11-,16?/m0/s1. The number of amides is 1. The molecule has 1 amide bonds. The first-order chi connectivity index (χ1) is 9.81. The summed E-state index contributed by atoms with van der Waals surface area (Å²) in [4.78, 5) is 18.5. The van der Waals surface area contributed by atoms with E-state index >= 15 is 0 Å². The lowest BCUT2D eigenvalue weighted by atomic mass is 9.92. The van der Waals surface area contributed by atoms with Crippen LogP contribution in [0.15, 0.2) is 18.3 Å². The summed E-state index contributed by atoms with van der Waals surface area (Å²) in [6.07, 6.45) is 2.30. The third kappa shape index (κ3) is 2.50. The second-order valence-corrected chi connectivity index (χ2v) is 6.94. The number of fused-ring (bicyclic) bond motifs is 2. The lowest BCUT2D eigenvalue weighted by molar-refractivity contribution is -0.0331. The van der Waals surface area contributed by atoms with Crippen molar-refractivity contribution in [3.63, 3.8) is 0 Å². The van der Waals surface area contributed by atoms with E-state index in [9.17, 15) is 4.79 Å². The quantitative estimate of drug-likeness (QED) is 0.737. The highest BCUT2D eigenvalue weighted by Crippen LogP contribution is 2.45. The molecular formula is C16H22N2O3. The smallest absolute Gasteiger partial charge is 0.410 e. The zero-order chi connectivity index (χ0) is 15.3. The monoisotopic (exact) mass is 290 g/mol. The minimum Gasteiger partial charge on any atom is -0.444 e. The highest BCUT2D eigenvalue weighted by molar-refractivity contribution is 5.69. The summed E-state index contributed by atoms with van der Waals surface area (Å²) in [6, 6.07) is 4.07. The lowest BCUT2D eigenvalue weighted by Gasteiger charge is -2.28. The molecule has 114 valence electrons. The molecule has 0 aliphatic carbocycles. The lowest BCUT2D eigenvalue weighted by Crippen LogP contribution is -2.40. The van der Waals surface area contributed by atoms with Crippen LogP contribution in [0.25, 0.3) is 0 Å². The topological polar surface area (TPSA) is 51.7 Å². The Morgan fingerprint density at radius 3 is 3.00 bits per heavy atom. The highest BCUT2D eigenvalue weighted by Gasteiger charge is 2.51. The summed E-state index contributed by atoms with van der Waals surface area (Å²) < 4.78 is 11.5. The van der Waals surface area contributed by atoms with Gasteiger partial charge < -0.3 is 14.4 Å².